The zero-order valence-corrected chi connectivity index (χ0v) is 10.5. The number of carbonyl (C=O) groups is 1. The third-order valence-electron chi connectivity index (χ3n) is 3.92. The van der Waals surface area contributed by atoms with Crippen molar-refractivity contribution < 1.29 is 4.79 Å². The molecular formula is C14H26O. The topological polar surface area (TPSA) is 17.1 Å². The van der Waals surface area contributed by atoms with Crippen molar-refractivity contribution in [2.24, 2.45) is 23.7 Å². The van der Waals surface area contributed by atoms with Crippen LogP contribution < -0.4 is 0 Å². The summed E-state index contributed by atoms with van der Waals surface area (Å²) in [4.78, 5) is 10.4. The summed E-state index contributed by atoms with van der Waals surface area (Å²) in [7, 11) is 0. The molecule has 0 heterocycles. The third-order valence-corrected chi connectivity index (χ3v) is 3.92. The van der Waals surface area contributed by atoms with Gasteiger partial charge in [0.15, 0.2) is 0 Å². The molecule has 0 amide bonds. The lowest BCUT2D eigenvalue weighted by Gasteiger charge is -2.34. The Hall–Kier alpha value is -0.330. The monoisotopic (exact) mass is 210 g/mol. The Morgan fingerprint density at radius 1 is 1.33 bits per heavy atom. The number of aldehydes is 1. The van der Waals surface area contributed by atoms with E-state index >= 15 is 0 Å². The lowest BCUT2D eigenvalue weighted by molar-refractivity contribution is -0.108. The molecule has 0 aliphatic heterocycles. The highest BCUT2D eigenvalue weighted by molar-refractivity contribution is 5.49. The van der Waals surface area contributed by atoms with Crippen molar-refractivity contribution >= 4 is 6.29 Å². The normalized spacial score (nSPS) is 31.9. The molecule has 1 aliphatic rings. The van der Waals surface area contributed by atoms with Crippen LogP contribution in [0.1, 0.15) is 59.3 Å². The largest absolute Gasteiger partial charge is 0.303 e. The van der Waals surface area contributed by atoms with Gasteiger partial charge in [-0.05, 0) is 49.4 Å². The van der Waals surface area contributed by atoms with Crippen molar-refractivity contribution in [1.29, 1.82) is 0 Å². The van der Waals surface area contributed by atoms with Crippen LogP contribution in [-0.4, -0.2) is 6.29 Å². The Kier molecular flexibility index (Phi) is 5.35. The molecule has 1 rings (SSSR count). The van der Waals surface area contributed by atoms with Gasteiger partial charge in [0.2, 0.25) is 0 Å². The number of carbonyl (C=O) groups excluding carboxylic acids is 1. The number of hydrogen-bond donors (Lipinski definition) is 0. The summed E-state index contributed by atoms with van der Waals surface area (Å²) in [6.45, 7) is 7.02. The van der Waals surface area contributed by atoms with Crippen molar-refractivity contribution in [3.05, 3.63) is 0 Å². The van der Waals surface area contributed by atoms with Crippen molar-refractivity contribution in [3.63, 3.8) is 0 Å². The van der Waals surface area contributed by atoms with Crippen LogP contribution in [0.3, 0.4) is 0 Å². The molecule has 0 spiro atoms. The standard InChI is InChI=1S/C14H26O/c1-11(2)9-13-6-7-14(5-4-8-15)12(3)10-13/h8,11-14H,4-7,9-10H2,1-3H3/t12-,13+,14+/m1/s1. The third kappa shape index (κ3) is 4.36. The highest BCUT2D eigenvalue weighted by atomic mass is 16.1. The van der Waals surface area contributed by atoms with E-state index in [0.29, 0.717) is 0 Å². The predicted octanol–water partition coefficient (Wildman–Crippen LogP) is 4.06. The van der Waals surface area contributed by atoms with E-state index in [1.54, 1.807) is 0 Å². The molecule has 1 saturated carbocycles. The first-order chi connectivity index (χ1) is 7.13. The molecule has 1 heteroatoms. The van der Waals surface area contributed by atoms with Gasteiger partial charge in [0, 0.05) is 6.42 Å². The molecule has 1 fully saturated rings. The van der Waals surface area contributed by atoms with E-state index < -0.39 is 0 Å². The highest BCUT2D eigenvalue weighted by Crippen LogP contribution is 2.38. The minimum absolute atomic E-state index is 0.768. The fourth-order valence-corrected chi connectivity index (χ4v) is 3.16. The zero-order chi connectivity index (χ0) is 11.3. The maximum Gasteiger partial charge on any atom is 0.120 e. The van der Waals surface area contributed by atoms with Crippen molar-refractivity contribution in [2.45, 2.75) is 59.3 Å². The molecule has 1 nitrogen and oxygen atoms in total. The van der Waals surface area contributed by atoms with Crippen LogP contribution in [0.25, 0.3) is 0 Å². The van der Waals surface area contributed by atoms with E-state index in [2.05, 4.69) is 20.8 Å². The average molecular weight is 210 g/mol. The molecule has 88 valence electrons. The van der Waals surface area contributed by atoms with Gasteiger partial charge in [-0.15, -0.1) is 0 Å². The highest BCUT2D eigenvalue weighted by Gasteiger charge is 2.27. The average Bonchev–Trinajstić information content (AvgIpc) is 2.15. The number of rotatable bonds is 5. The lowest BCUT2D eigenvalue weighted by atomic mass is 9.71. The molecule has 0 radical (unpaired) electrons. The van der Waals surface area contributed by atoms with Gasteiger partial charge in [-0.2, -0.15) is 0 Å². The maximum atomic E-state index is 10.4. The summed E-state index contributed by atoms with van der Waals surface area (Å²) in [6.07, 6.45) is 8.50. The van der Waals surface area contributed by atoms with E-state index in [0.717, 1.165) is 42.8 Å². The second-order valence-electron chi connectivity index (χ2n) is 5.79. The Balaban J connectivity index is 2.30. The fourth-order valence-electron chi connectivity index (χ4n) is 3.16. The van der Waals surface area contributed by atoms with Crippen LogP contribution in [-0.2, 0) is 4.79 Å². The van der Waals surface area contributed by atoms with Crippen LogP contribution in [0.15, 0.2) is 0 Å². The van der Waals surface area contributed by atoms with Gasteiger partial charge in [-0.1, -0.05) is 27.2 Å². The summed E-state index contributed by atoms with van der Waals surface area (Å²) < 4.78 is 0. The first-order valence-electron chi connectivity index (χ1n) is 6.57. The molecule has 1 aliphatic carbocycles. The molecule has 0 aromatic carbocycles. The second kappa shape index (κ2) is 6.30. The van der Waals surface area contributed by atoms with Gasteiger partial charge in [0.25, 0.3) is 0 Å². The van der Waals surface area contributed by atoms with Gasteiger partial charge in [0.05, 0.1) is 0 Å². The molecular weight excluding hydrogens is 184 g/mol. The predicted molar refractivity (Wildman–Crippen MR) is 64.7 cm³/mol. The van der Waals surface area contributed by atoms with E-state index in [9.17, 15) is 4.79 Å². The molecule has 0 saturated heterocycles. The SMILES string of the molecule is CC(C)C[C@@H]1CC[C@H](CCC=O)[C@H](C)C1. The van der Waals surface area contributed by atoms with E-state index in [-0.39, 0.29) is 0 Å². The summed E-state index contributed by atoms with van der Waals surface area (Å²) in [5, 5.41) is 0. The molecule has 0 aromatic rings. The Bertz CT molecular complexity index is 186. The molecule has 15 heavy (non-hydrogen) atoms. The molecule has 0 aromatic heterocycles. The van der Waals surface area contributed by atoms with Gasteiger partial charge in [-0.3, -0.25) is 0 Å². The van der Waals surface area contributed by atoms with Crippen LogP contribution in [0.5, 0.6) is 0 Å². The number of hydrogen-bond acceptors (Lipinski definition) is 1. The lowest BCUT2D eigenvalue weighted by Crippen LogP contribution is -2.23. The molecule has 0 N–H and O–H groups in total. The van der Waals surface area contributed by atoms with Crippen molar-refractivity contribution in [2.75, 3.05) is 0 Å². The summed E-state index contributed by atoms with van der Waals surface area (Å²) in [5.41, 5.74) is 0. The molecule has 0 bridgehead atoms. The van der Waals surface area contributed by atoms with E-state index in [1.165, 1.54) is 25.7 Å². The Morgan fingerprint density at radius 2 is 2.07 bits per heavy atom. The zero-order valence-electron chi connectivity index (χ0n) is 10.5. The minimum Gasteiger partial charge on any atom is -0.303 e. The molecule has 3 atom stereocenters. The van der Waals surface area contributed by atoms with Crippen LogP contribution in [0.2, 0.25) is 0 Å². The van der Waals surface area contributed by atoms with Crippen LogP contribution in [0, 0.1) is 23.7 Å². The smallest absolute Gasteiger partial charge is 0.120 e. The van der Waals surface area contributed by atoms with Gasteiger partial charge in [0.1, 0.15) is 6.29 Å². The van der Waals surface area contributed by atoms with Gasteiger partial charge >= 0.3 is 0 Å². The van der Waals surface area contributed by atoms with Crippen molar-refractivity contribution in [1.82, 2.24) is 0 Å². The molecule has 0 unspecified atom stereocenters. The first-order valence-corrected chi connectivity index (χ1v) is 6.57. The summed E-state index contributed by atoms with van der Waals surface area (Å²) >= 11 is 0. The second-order valence-corrected chi connectivity index (χ2v) is 5.79. The van der Waals surface area contributed by atoms with Crippen LogP contribution >= 0.6 is 0 Å². The van der Waals surface area contributed by atoms with E-state index in [4.69, 9.17) is 0 Å². The quantitative estimate of drug-likeness (QED) is 0.625. The van der Waals surface area contributed by atoms with Crippen LogP contribution in [0.4, 0.5) is 0 Å². The minimum atomic E-state index is 0.768. The van der Waals surface area contributed by atoms with Gasteiger partial charge in [-0.25, -0.2) is 0 Å². The maximum absolute atomic E-state index is 10.4. The first kappa shape index (κ1) is 12.7. The fraction of sp³-hybridized carbons (Fsp3) is 0.929. The van der Waals surface area contributed by atoms with Crippen molar-refractivity contribution in [3.8, 4) is 0 Å². The van der Waals surface area contributed by atoms with Gasteiger partial charge < -0.3 is 4.79 Å². The summed E-state index contributed by atoms with van der Waals surface area (Å²) in [6, 6.07) is 0. The Morgan fingerprint density at radius 3 is 2.60 bits per heavy atom. The summed E-state index contributed by atoms with van der Waals surface area (Å²) in [5.74, 6) is 3.45. The van der Waals surface area contributed by atoms with E-state index in [1.807, 2.05) is 0 Å². The Labute approximate surface area is 94.6 Å².